The van der Waals surface area contributed by atoms with Gasteiger partial charge in [-0.2, -0.15) is 0 Å². The Morgan fingerprint density at radius 2 is 1.88 bits per heavy atom. The largest absolute Gasteiger partial charge is 0.493 e. The maximum Gasteiger partial charge on any atom is 0.265 e. The first kappa shape index (κ1) is 24.4. The Kier molecular flexibility index (Phi) is 8.09. The molecular weight excluding hydrogens is 466 g/mol. The SMILES string of the molecule is COc1cc(/C=C2/SC(=S)N(C)C2=O)cc(Cl)c1OCCOc1cc(C)ccc1C(C)C. The molecule has 2 aromatic carbocycles. The first-order chi connectivity index (χ1) is 15.2. The van der Waals surface area contributed by atoms with Crippen LogP contribution in [0.25, 0.3) is 6.08 Å². The van der Waals surface area contributed by atoms with E-state index in [1.54, 1.807) is 32.4 Å². The Hall–Kier alpha value is -2.22. The zero-order valence-electron chi connectivity index (χ0n) is 18.7. The van der Waals surface area contributed by atoms with Crippen molar-refractivity contribution in [2.75, 3.05) is 27.4 Å². The highest BCUT2D eigenvalue weighted by atomic mass is 35.5. The third kappa shape index (κ3) is 5.57. The van der Waals surface area contributed by atoms with Gasteiger partial charge in [0.25, 0.3) is 5.91 Å². The van der Waals surface area contributed by atoms with E-state index in [2.05, 4.69) is 26.0 Å². The zero-order chi connectivity index (χ0) is 23.4. The summed E-state index contributed by atoms with van der Waals surface area (Å²) in [5.41, 5.74) is 3.03. The lowest BCUT2D eigenvalue weighted by atomic mass is 10.0. The van der Waals surface area contributed by atoms with Crippen molar-refractivity contribution < 1.29 is 19.0 Å². The number of amides is 1. The number of hydrogen-bond donors (Lipinski definition) is 0. The van der Waals surface area contributed by atoms with Crippen LogP contribution in [-0.2, 0) is 4.79 Å². The van der Waals surface area contributed by atoms with Crippen LogP contribution in [-0.4, -0.2) is 42.5 Å². The van der Waals surface area contributed by atoms with Crippen molar-refractivity contribution in [3.8, 4) is 17.2 Å². The lowest BCUT2D eigenvalue weighted by Crippen LogP contribution is -2.22. The summed E-state index contributed by atoms with van der Waals surface area (Å²) in [7, 11) is 3.21. The average Bonchev–Trinajstić information content (AvgIpc) is 2.98. The van der Waals surface area contributed by atoms with Crippen LogP contribution in [0.3, 0.4) is 0 Å². The molecule has 1 heterocycles. The fraction of sp³-hybridized carbons (Fsp3) is 0.333. The first-order valence-electron chi connectivity index (χ1n) is 10.2. The van der Waals surface area contributed by atoms with Gasteiger partial charge in [-0.25, -0.2) is 0 Å². The zero-order valence-corrected chi connectivity index (χ0v) is 21.1. The predicted molar refractivity (Wildman–Crippen MR) is 135 cm³/mol. The van der Waals surface area contributed by atoms with Gasteiger partial charge in [0.2, 0.25) is 0 Å². The van der Waals surface area contributed by atoms with E-state index in [4.69, 9.17) is 38.0 Å². The summed E-state index contributed by atoms with van der Waals surface area (Å²) in [5, 5.41) is 0.390. The van der Waals surface area contributed by atoms with Crippen LogP contribution in [0.5, 0.6) is 17.2 Å². The quantitative estimate of drug-likeness (QED) is 0.254. The molecule has 0 spiro atoms. The number of rotatable bonds is 8. The highest BCUT2D eigenvalue weighted by molar-refractivity contribution is 8.26. The van der Waals surface area contributed by atoms with Gasteiger partial charge in [-0.15, -0.1) is 0 Å². The second-order valence-electron chi connectivity index (χ2n) is 7.67. The number of ether oxygens (including phenoxy) is 3. The molecule has 1 fully saturated rings. The van der Waals surface area contributed by atoms with Crippen LogP contribution in [0.15, 0.2) is 35.2 Å². The molecule has 0 N–H and O–H groups in total. The van der Waals surface area contributed by atoms with Crippen molar-refractivity contribution in [1.82, 2.24) is 4.90 Å². The van der Waals surface area contributed by atoms with Gasteiger partial charge in [0.05, 0.1) is 17.0 Å². The van der Waals surface area contributed by atoms with Gasteiger partial charge >= 0.3 is 0 Å². The van der Waals surface area contributed by atoms with Crippen molar-refractivity contribution in [2.45, 2.75) is 26.7 Å². The van der Waals surface area contributed by atoms with Crippen molar-refractivity contribution in [2.24, 2.45) is 0 Å². The number of aryl methyl sites for hydroxylation is 1. The number of thiocarbonyl (C=S) groups is 1. The minimum Gasteiger partial charge on any atom is -0.493 e. The monoisotopic (exact) mass is 491 g/mol. The molecule has 0 aliphatic carbocycles. The molecule has 1 saturated heterocycles. The van der Waals surface area contributed by atoms with Crippen LogP contribution < -0.4 is 14.2 Å². The van der Waals surface area contributed by atoms with E-state index < -0.39 is 0 Å². The van der Waals surface area contributed by atoms with E-state index >= 15 is 0 Å². The van der Waals surface area contributed by atoms with Gasteiger partial charge in [-0.1, -0.05) is 61.6 Å². The Labute approximate surface area is 203 Å². The molecule has 1 amide bonds. The van der Waals surface area contributed by atoms with E-state index in [0.717, 1.165) is 22.4 Å². The van der Waals surface area contributed by atoms with Crippen molar-refractivity contribution in [3.63, 3.8) is 0 Å². The van der Waals surface area contributed by atoms with E-state index in [0.29, 0.717) is 44.9 Å². The van der Waals surface area contributed by atoms with Crippen LogP contribution in [0.2, 0.25) is 5.02 Å². The molecule has 32 heavy (non-hydrogen) atoms. The topological polar surface area (TPSA) is 48.0 Å². The molecule has 0 radical (unpaired) electrons. The van der Waals surface area contributed by atoms with Crippen molar-refractivity contribution in [3.05, 3.63) is 56.9 Å². The number of benzene rings is 2. The summed E-state index contributed by atoms with van der Waals surface area (Å²) >= 11 is 12.9. The fourth-order valence-electron chi connectivity index (χ4n) is 3.20. The number of carbonyl (C=O) groups is 1. The fourth-order valence-corrected chi connectivity index (χ4v) is 4.65. The molecule has 0 bridgehead atoms. The number of likely N-dealkylation sites (N-methyl/N-ethyl adjacent to an activating group) is 1. The highest BCUT2D eigenvalue weighted by Crippen LogP contribution is 2.39. The third-order valence-corrected chi connectivity index (χ3v) is 6.68. The summed E-state index contributed by atoms with van der Waals surface area (Å²) in [6.07, 6.45) is 1.75. The summed E-state index contributed by atoms with van der Waals surface area (Å²) in [5.74, 6) is 2.01. The minimum absolute atomic E-state index is 0.135. The number of carbonyl (C=O) groups excluding carboxylic acids is 1. The molecule has 0 saturated carbocycles. The van der Waals surface area contributed by atoms with E-state index in [1.807, 2.05) is 13.0 Å². The molecule has 2 aromatic rings. The summed E-state index contributed by atoms with van der Waals surface area (Å²) < 4.78 is 17.9. The van der Waals surface area contributed by atoms with Crippen molar-refractivity contribution >= 4 is 51.9 Å². The number of halogens is 1. The Balaban J connectivity index is 1.70. The maximum atomic E-state index is 12.3. The molecule has 0 atom stereocenters. The standard InChI is InChI=1S/C24H26ClNO4S2/c1-14(2)17-7-6-15(3)10-19(17)29-8-9-30-22-18(25)11-16(12-20(22)28-5)13-21-23(27)26(4)24(31)32-21/h6-7,10-14H,8-9H2,1-5H3/b21-13+. The number of methoxy groups -OCH3 is 1. The molecule has 1 aliphatic heterocycles. The molecule has 170 valence electrons. The Morgan fingerprint density at radius 1 is 1.16 bits per heavy atom. The predicted octanol–water partition coefficient (Wildman–Crippen LogP) is 6.07. The summed E-state index contributed by atoms with van der Waals surface area (Å²) in [4.78, 5) is 14.2. The highest BCUT2D eigenvalue weighted by Gasteiger charge is 2.28. The Bertz CT molecular complexity index is 1070. The Morgan fingerprint density at radius 3 is 2.50 bits per heavy atom. The van der Waals surface area contributed by atoms with E-state index in [9.17, 15) is 4.79 Å². The second kappa shape index (κ2) is 10.6. The van der Waals surface area contributed by atoms with E-state index in [1.165, 1.54) is 16.7 Å². The molecule has 3 rings (SSSR count). The van der Waals surface area contributed by atoms with Gasteiger partial charge in [-0.05, 0) is 53.8 Å². The molecular formula is C24H26ClNO4S2. The minimum atomic E-state index is -0.135. The number of nitrogens with zero attached hydrogens (tertiary/aromatic N) is 1. The van der Waals surface area contributed by atoms with Crippen LogP contribution in [0, 0.1) is 6.92 Å². The number of hydrogen-bond acceptors (Lipinski definition) is 6. The summed E-state index contributed by atoms with van der Waals surface area (Å²) in [6, 6.07) is 9.74. The lowest BCUT2D eigenvalue weighted by Gasteiger charge is -2.16. The number of thioether (sulfide) groups is 1. The van der Waals surface area contributed by atoms with Crippen LogP contribution in [0.4, 0.5) is 0 Å². The van der Waals surface area contributed by atoms with Crippen LogP contribution >= 0.6 is 35.6 Å². The first-order valence-corrected chi connectivity index (χ1v) is 11.8. The van der Waals surface area contributed by atoms with Crippen LogP contribution in [0.1, 0.15) is 36.5 Å². The molecule has 5 nitrogen and oxygen atoms in total. The summed E-state index contributed by atoms with van der Waals surface area (Å²) in [6.45, 7) is 6.98. The lowest BCUT2D eigenvalue weighted by molar-refractivity contribution is -0.121. The normalized spacial score (nSPS) is 15.1. The molecule has 0 unspecified atom stereocenters. The second-order valence-corrected chi connectivity index (χ2v) is 9.75. The van der Waals surface area contributed by atoms with Gasteiger partial charge in [0, 0.05) is 7.05 Å². The van der Waals surface area contributed by atoms with Gasteiger partial charge in [0.15, 0.2) is 11.5 Å². The van der Waals surface area contributed by atoms with E-state index in [-0.39, 0.29) is 5.91 Å². The van der Waals surface area contributed by atoms with Gasteiger partial charge in [0.1, 0.15) is 23.3 Å². The average molecular weight is 492 g/mol. The van der Waals surface area contributed by atoms with Crippen molar-refractivity contribution in [1.29, 1.82) is 0 Å². The maximum absolute atomic E-state index is 12.3. The third-order valence-electron chi connectivity index (χ3n) is 4.91. The molecule has 0 aromatic heterocycles. The molecule has 1 aliphatic rings. The smallest absolute Gasteiger partial charge is 0.265 e. The molecule has 8 heteroatoms. The van der Waals surface area contributed by atoms with Gasteiger partial charge < -0.3 is 14.2 Å². The van der Waals surface area contributed by atoms with Gasteiger partial charge in [-0.3, -0.25) is 9.69 Å².